The van der Waals surface area contributed by atoms with Gasteiger partial charge in [0.2, 0.25) is 0 Å². The van der Waals surface area contributed by atoms with Crippen LogP contribution in [0.4, 0.5) is 0 Å². The van der Waals surface area contributed by atoms with E-state index in [-0.39, 0.29) is 24.7 Å². The molecule has 0 bridgehead atoms. The molecular formula is C16H25N3O3. The molecule has 6 heteroatoms. The molecule has 0 saturated heterocycles. The Labute approximate surface area is 130 Å². The van der Waals surface area contributed by atoms with Gasteiger partial charge in [0.15, 0.2) is 5.69 Å². The second kappa shape index (κ2) is 6.38. The predicted octanol–water partition coefficient (Wildman–Crippen LogP) is 1.81. The third-order valence-electron chi connectivity index (χ3n) is 4.77. The summed E-state index contributed by atoms with van der Waals surface area (Å²) in [4.78, 5) is 14.9. The maximum atomic E-state index is 13.0. The summed E-state index contributed by atoms with van der Waals surface area (Å²) in [5.41, 5.74) is 2.48. The molecule has 2 aliphatic rings. The zero-order valence-corrected chi connectivity index (χ0v) is 13.3. The third-order valence-corrected chi connectivity index (χ3v) is 4.77. The molecule has 0 spiro atoms. The summed E-state index contributed by atoms with van der Waals surface area (Å²) in [6.07, 6.45) is 4.66. The van der Waals surface area contributed by atoms with E-state index in [1.165, 1.54) is 6.42 Å². The fourth-order valence-electron chi connectivity index (χ4n) is 3.38. The van der Waals surface area contributed by atoms with E-state index in [0.29, 0.717) is 24.7 Å². The van der Waals surface area contributed by atoms with Crippen molar-refractivity contribution in [3.8, 4) is 0 Å². The van der Waals surface area contributed by atoms with Crippen LogP contribution in [0.15, 0.2) is 0 Å². The van der Waals surface area contributed by atoms with Gasteiger partial charge in [-0.15, -0.1) is 0 Å². The van der Waals surface area contributed by atoms with Gasteiger partial charge in [-0.3, -0.25) is 9.89 Å². The summed E-state index contributed by atoms with van der Waals surface area (Å²) in [6, 6.07) is 0.307. The number of rotatable bonds is 5. The van der Waals surface area contributed by atoms with Gasteiger partial charge in [-0.2, -0.15) is 5.10 Å². The number of aliphatic hydroxyl groups is 1. The maximum absolute atomic E-state index is 13.0. The van der Waals surface area contributed by atoms with Crippen LogP contribution in [-0.2, 0) is 11.2 Å². The molecule has 2 atom stereocenters. The van der Waals surface area contributed by atoms with Crippen LogP contribution in [0.2, 0.25) is 0 Å². The molecule has 1 aromatic rings. The second-order valence-corrected chi connectivity index (χ2v) is 6.42. The summed E-state index contributed by atoms with van der Waals surface area (Å²) < 4.78 is 5.78. The molecule has 1 amide bonds. The quantitative estimate of drug-likeness (QED) is 0.869. The smallest absolute Gasteiger partial charge is 0.274 e. The monoisotopic (exact) mass is 307 g/mol. The Kier molecular flexibility index (Phi) is 4.49. The molecule has 3 rings (SSSR count). The fraction of sp³-hybridized carbons (Fsp3) is 0.750. The molecule has 6 nitrogen and oxygen atoms in total. The molecule has 2 heterocycles. The number of H-pyrrole nitrogens is 1. The molecule has 0 aromatic carbocycles. The number of aromatic amines is 1. The second-order valence-electron chi connectivity index (χ2n) is 6.42. The zero-order valence-electron chi connectivity index (χ0n) is 13.3. The van der Waals surface area contributed by atoms with Crippen LogP contribution in [0.25, 0.3) is 0 Å². The lowest BCUT2D eigenvalue weighted by atomic mass is 9.90. The van der Waals surface area contributed by atoms with Crippen LogP contribution >= 0.6 is 0 Å². The molecule has 1 fully saturated rings. The molecule has 1 aromatic heterocycles. The van der Waals surface area contributed by atoms with Gasteiger partial charge in [0.1, 0.15) is 0 Å². The van der Waals surface area contributed by atoms with E-state index in [1.807, 2.05) is 18.7 Å². The fourth-order valence-corrected chi connectivity index (χ4v) is 3.38. The van der Waals surface area contributed by atoms with Crippen molar-refractivity contribution >= 4 is 5.91 Å². The van der Waals surface area contributed by atoms with Crippen molar-refractivity contribution in [2.24, 2.45) is 0 Å². The molecular weight excluding hydrogens is 282 g/mol. The van der Waals surface area contributed by atoms with Crippen LogP contribution in [0.1, 0.15) is 67.4 Å². The van der Waals surface area contributed by atoms with Crippen LogP contribution in [0.5, 0.6) is 0 Å². The lowest BCUT2D eigenvalue weighted by Crippen LogP contribution is -2.45. The van der Waals surface area contributed by atoms with E-state index < -0.39 is 0 Å². The highest BCUT2D eigenvalue weighted by atomic mass is 16.5. The highest BCUT2D eigenvalue weighted by Gasteiger charge is 2.34. The number of nitrogens with zero attached hydrogens (tertiary/aromatic N) is 2. The molecule has 2 N–H and O–H groups in total. The average Bonchev–Trinajstić information content (AvgIpc) is 2.84. The molecule has 0 unspecified atom stereocenters. The SMILES string of the molecule is C[C@@H]1Cc2c(C(=O)N(CCCO)C3CCC3)n[nH]c2[C@H](C)O1. The molecule has 0 radical (unpaired) electrons. The van der Waals surface area contributed by atoms with Gasteiger partial charge in [-0.05, 0) is 39.5 Å². The number of fused-ring (bicyclic) bond motifs is 1. The maximum Gasteiger partial charge on any atom is 0.274 e. The lowest BCUT2D eigenvalue weighted by molar-refractivity contribution is -0.00706. The van der Waals surface area contributed by atoms with Crippen molar-refractivity contribution in [1.82, 2.24) is 15.1 Å². The summed E-state index contributed by atoms with van der Waals surface area (Å²) in [6.45, 7) is 4.72. The Morgan fingerprint density at radius 1 is 1.45 bits per heavy atom. The van der Waals surface area contributed by atoms with Gasteiger partial charge >= 0.3 is 0 Å². The van der Waals surface area contributed by atoms with Crippen LogP contribution in [0.3, 0.4) is 0 Å². The Morgan fingerprint density at radius 2 is 2.23 bits per heavy atom. The van der Waals surface area contributed by atoms with Crippen LogP contribution in [-0.4, -0.2) is 51.4 Å². The first-order valence-corrected chi connectivity index (χ1v) is 8.26. The van der Waals surface area contributed by atoms with Crippen molar-refractivity contribution in [2.45, 2.75) is 64.2 Å². The Hall–Kier alpha value is -1.40. The topological polar surface area (TPSA) is 78.5 Å². The molecule has 1 aliphatic heterocycles. The van der Waals surface area contributed by atoms with Crippen LogP contribution < -0.4 is 0 Å². The number of aromatic nitrogens is 2. The minimum absolute atomic E-state index is 0.00282. The zero-order chi connectivity index (χ0) is 15.7. The Bertz CT molecular complexity index is 539. The predicted molar refractivity (Wildman–Crippen MR) is 81.6 cm³/mol. The van der Waals surface area contributed by atoms with E-state index in [2.05, 4.69) is 10.2 Å². The number of hydrogen-bond donors (Lipinski definition) is 2. The van der Waals surface area contributed by atoms with Gasteiger partial charge in [0.25, 0.3) is 5.91 Å². The molecule has 1 aliphatic carbocycles. The van der Waals surface area contributed by atoms with E-state index in [0.717, 1.165) is 30.5 Å². The van der Waals surface area contributed by atoms with Crippen molar-refractivity contribution in [3.05, 3.63) is 17.0 Å². The number of amides is 1. The number of aliphatic hydroxyl groups excluding tert-OH is 1. The van der Waals surface area contributed by atoms with Gasteiger partial charge in [0.05, 0.1) is 17.9 Å². The molecule has 122 valence electrons. The third kappa shape index (κ3) is 2.77. The summed E-state index contributed by atoms with van der Waals surface area (Å²) in [5, 5.41) is 16.4. The van der Waals surface area contributed by atoms with Gasteiger partial charge in [-0.1, -0.05) is 0 Å². The summed E-state index contributed by atoms with van der Waals surface area (Å²) in [5.74, 6) is -0.00282. The highest BCUT2D eigenvalue weighted by molar-refractivity contribution is 5.94. The van der Waals surface area contributed by atoms with Crippen molar-refractivity contribution in [3.63, 3.8) is 0 Å². The largest absolute Gasteiger partial charge is 0.396 e. The number of carbonyl (C=O) groups is 1. The Morgan fingerprint density at radius 3 is 2.86 bits per heavy atom. The van der Waals surface area contributed by atoms with Crippen molar-refractivity contribution in [1.29, 1.82) is 0 Å². The van der Waals surface area contributed by atoms with E-state index in [4.69, 9.17) is 9.84 Å². The number of ether oxygens (including phenoxy) is 1. The van der Waals surface area contributed by atoms with Gasteiger partial charge in [-0.25, -0.2) is 0 Å². The first-order valence-electron chi connectivity index (χ1n) is 8.26. The first-order chi connectivity index (χ1) is 10.6. The van der Waals surface area contributed by atoms with Gasteiger partial charge in [0, 0.05) is 31.2 Å². The van der Waals surface area contributed by atoms with E-state index >= 15 is 0 Å². The average molecular weight is 307 g/mol. The lowest BCUT2D eigenvalue weighted by Gasteiger charge is -2.37. The normalized spacial score (nSPS) is 24.7. The Balaban J connectivity index is 1.84. The number of hydrogen-bond acceptors (Lipinski definition) is 4. The first kappa shape index (κ1) is 15.5. The summed E-state index contributed by atoms with van der Waals surface area (Å²) in [7, 11) is 0. The molecule has 22 heavy (non-hydrogen) atoms. The van der Waals surface area contributed by atoms with Crippen LogP contribution in [0, 0.1) is 0 Å². The molecule has 1 saturated carbocycles. The van der Waals surface area contributed by atoms with Crippen molar-refractivity contribution < 1.29 is 14.6 Å². The summed E-state index contributed by atoms with van der Waals surface area (Å²) >= 11 is 0. The van der Waals surface area contributed by atoms with Gasteiger partial charge < -0.3 is 14.7 Å². The minimum atomic E-state index is -0.0533. The standard InChI is InChI=1S/C16H25N3O3/c1-10-9-13-14(11(2)22-10)17-18-15(13)16(21)19(7-4-8-20)12-5-3-6-12/h10-12,20H,3-9H2,1-2H3,(H,17,18)/t10-,11+/m1/s1. The number of carbonyl (C=O) groups excluding carboxylic acids is 1. The highest BCUT2D eigenvalue weighted by Crippen LogP contribution is 2.32. The van der Waals surface area contributed by atoms with E-state index in [1.54, 1.807) is 0 Å². The van der Waals surface area contributed by atoms with Crippen molar-refractivity contribution in [2.75, 3.05) is 13.2 Å². The van der Waals surface area contributed by atoms with E-state index in [9.17, 15) is 4.79 Å². The minimum Gasteiger partial charge on any atom is -0.396 e. The number of nitrogens with one attached hydrogen (secondary N) is 1.